The highest BCUT2D eigenvalue weighted by Gasteiger charge is 2.31. The largest absolute Gasteiger partial charge is 0.318 e. The van der Waals surface area contributed by atoms with E-state index >= 15 is 0 Å². The summed E-state index contributed by atoms with van der Waals surface area (Å²) in [7, 11) is 0. The Morgan fingerprint density at radius 3 is 2.56 bits per heavy atom. The van der Waals surface area contributed by atoms with E-state index in [9.17, 15) is 9.59 Å². The Balaban J connectivity index is 3.00. The smallest absolute Gasteiger partial charge is 0.262 e. The minimum absolute atomic E-state index is 0.353. The quantitative estimate of drug-likeness (QED) is 0.869. The van der Waals surface area contributed by atoms with Crippen molar-refractivity contribution in [1.29, 1.82) is 0 Å². The topological polar surface area (TPSA) is 76.3 Å². The molecule has 0 fully saturated rings. The Bertz CT molecular complexity index is 424. The molecule has 0 atom stereocenters. The first-order valence-corrected chi connectivity index (χ1v) is 5.93. The number of pyridine rings is 1. The SMILES string of the molecule is CCCN(C(=O)c1cccnc1)C(=O)C(C)(C)N. The van der Waals surface area contributed by atoms with Crippen molar-refractivity contribution in [3.05, 3.63) is 30.1 Å². The van der Waals surface area contributed by atoms with Crippen LogP contribution in [0, 0.1) is 0 Å². The van der Waals surface area contributed by atoms with Crippen LogP contribution in [0.2, 0.25) is 0 Å². The lowest BCUT2D eigenvalue weighted by Crippen LogP contribution is -2.53. The summed E-state index contributed by atoms with van der Waals surface area (Å²) < 4.78 is 0. The number of rotatable bonds is 4. The van der Waals surface area contributed by atoms with E-state index in [-0.39, 0.29) is 11.8 Å². The fraction of sp³-hybridized carbons (Fsp3) is 0.462. The third kappa shape index (κ3) is 3.37. The highest BCUT2D eigenvalue weighted by Crippen LogP contribution is 2.10. The van der Waals surface area contributed by atoms with E-state index in [1.165, 1.54) is 11.1 Å². The standard InChI is InChI=1S/C13H19N3O2/c1-4-8-16(12(18)13(2,3)14)11(17)10-6-5-7-15-9-10/h5-7,9H,4,8,14H2,1-3H3. The van der Waals surface area contributed by atoms with Gasteiger partial charge in [0.15, 0.2) is 0 Å². The number of hydrogen-bond acceptors (Lipinski definition) is 4. The molecule has 0 saturated carbocycles. The van der Waals surface area contributed by atoms with Gasteiger partial charge in [0.2, 0.25) is 5.91 Å². The van der Waals surface area contributed by atoms with E-state index in [1.807, 2.05) is 6.92 Å². The Kier molecular flexibility index (Phi) is 4.55. The zero-order valence-corrected chi connectivity index (χ0v) is 11.0. The zero-order chi connectivity index (χ0) is 13.8. The molecule has 2 amide bonds. The molecule has 0 bridgehead atoms. The van der Waals surface area contributed by atoms with Crippen LogP contribution in [0.15, 0.2) is 24.5 Å². The van der Waals surface area contributed by atoms with Crippen LogP contribution in [0.1, 0.15) is 37.6 Å². The summed E-state index contributed by atoms with van der Waals surface area (Å²) in [5.41, 5.74) is 5.10. The van der Waals surface area contributed by atoms with Gasteiger partial charge in [0.25, 0.3) is 5.91 Å². The van der Waals surface area contributed by atoms with Crippen molar-refractivity contribution in [3.8, 4) is 0 Å². The molecule has 18 heavy (non-hydrogen) atoms. The molecule has 98 valence electrons. The maximum absolute atomic E-state index is 12.2. The molecule has 1 aromatic heterocycles. The molecule has 5 nitrogen and oxygen atoms in total. The lowest BCUT2D eigenvalue weighted by molar-refractivity contribution is -0.133. The number of nitrogens with zero attached hydrogens (tertiary/aromatic N) is 2. The molecule has 0 saturated heterocycles. The molecular formula is C13H19N3O2. The number of amides is 2. The predicted molar refractivity (Wildman–Crippen MR) is 68.8 cm³/mol. The van der Waals surface area contributed by atoms with Crippen molar-refractivity contribution < 1.29 is 9.59 Å². The number of carbonyl (C=O) groups excluding carboxylic acids is 2. The van der Waals surface area contributed by atoms with Crippen molar-refractivity contribution in [2.45, 2.75) is 32.7 Å². The van der Waals surface area contributed by atoms with Crippen LogP contribution in [-0.2, 0) is 4.79 Å². The summed E-state index contributed by atoms with van der Waals surface area (Å²) >= 11 is 0. The summed E-state index contributed by atoms with van der Waals surface area (Å²) in [6.07, 6.45) is 3.71. The van der Waals surface area contributed by atoms with Gasteiger partial charge in [-0.1, -0.05) is 6.92 Å². The maximum atomic E-state index is 12.2. The molecular weight excluding hydrogens is 230 g/mol. The van der Waals surface area contributed by atoms with Crippen molar-refractivity contribution in [2.75, 3.05) is 6.54 Å². The van der Waals surface area contributed by atoms with Crippen LogP contribution < -0.4 is 5.73 Å². The minimum Gasteiger partial charge on any atom is -0.318 e. The fourth-order valence-electron chi connectivity index (χ4n) is 1.51. The summed E-state index contributed by atoms with van der Waals surface area (Å²) in [5, 5.41) is 0. The molecule has 5 heteroatoms. The maximum Gasteiger partial charge on any atom is 0.262 e. The van der Waals surface area contributed by atoms with Crippen LogP contribution in [0.4, 0.5) is 0 Å². The molecule has 2 N–H and O–H groups in total. The summed E-state index contributed by atoms with van der Waals surface area (Å²) in [6, 6.07) is 3.30. The van der Waals surface area contributed by atoms with E-state index in [2.05, 4.69) is 4.98 Å². The first kappa shape index (κ1) is 14.3. The van der Waals surface area contributed by atoms with Crippen LogP contribution in [0.3, 0.4) is 0 Å². The molecule has 0 aromatic carbocycles. The first-order valence-electron chi connectivity index (χ1n) is 5.93. The highest BCUT2D eigenvalue weighted by atomic mass is 16.2. The summed E-state index contributed by atoms with van der Waals surface area (Å²) in [5.74, 6) is -0.730. The second-order valence-electron chi connectivity index (χ2n) is 4.73. The van der Waals surface area contributed by atoms with Gasteiger partial charge in [-0.05, 0) is 32.4 Å². The first-order chi connectivity index (χ1) is 8.38. The van der Waals surface area contributed by atoms with Gasteiger partial charge in [0, 0.05) is 18.9 Å². The number of nitrogens with two attached hydrogens (primary N) is 1. The Labute approximate surface area is 107 Å². The van der Waals surface area contributed by atoms with E-state index in [0.717, 1.165) is 0 Å². The third-order valence-electron chi connectivity index (χ3n) is 2.40. The second kappa shape index (κ2) is 5.73. The monoisotopic (exact) mass is 249 g/mol. The Morgan fingerprint density at radius 1 is 1.44 bits per heavy atom. The molecule has 1 heterocycles. The van der Waals surface area contributed by atoms with Crippen LogP contribution in [0.5, 0.6) is 0 Å². The van der Waals surface area contributed by atoms with Gasteiger partial charge in [-0.3, -0.25) is 19.5 Å². The van der Waals surface area contributed by atoms with Crippen LogP contribution in [0.25, 0.3) is 0 Å². The van der Waals surface area contributed by atoms with Crippen molar-refractivity contribution in [2.24, 2.45) is 5.73 Å². The predicted octanol–water partition coefficient (Wildman–Crippen LogP) is 1.20. The molecule has 1 rings (SSSR count). The summed E-state index contributed by atoms with van der Waals surface area (Å²) in [4.78, 5) is 29.4. The fourth-order valence-corrected chi connectivity index (χ4v) is 1.51. The Hall–Kier alpha value is -1.75. The van der Waals surface area contributed by atoms with E-state index in [0.29, 0.717) is 18.5 Å². The van der Waals surface area contributed by atoms with E-state index < -0.39 is 5.54 Å². The molecule has 0 aliphatic carbocycles. The highest BCUT2D eigenvalue weighted by molar-refractivity contribution is 6.06. The molecule has 0 radical (unpaired) electrons. The summed E-state index contributed by atoms with van der Waals surface area (Å²) in [6.45, 7) is 5.44. The molecule has 0 spiro atoms. The molecule has 0 unspecified atom stereocenters. The number of hydrogen-bond donors (Lipinski definition) is 1. The number of carbonyl (C=O) groups is 2. The van der Waals surface area contributed by atoms with Gasteiger partial charge in [-0.15, -0.1) is 0 Å². The van der Waals surface area contributed by atoms with E-state index in [1.54, 1.807) is 32.2 Å². The van der Waals surface area contributed by atoms with Gasteiger partial charge < -0.3 is 5.73 Å². The van der Waals surface area contributed by atoms with Gasteiger partial charge in [0.1, 0.15) is 0 Å². The van der Waals surface area contributed by atoms with Gasteiger partial charge in [0.05, 0.1) is 11.1 Å². The lowest BCUT2D eigenvalue weighted by Gasteiger charge is -2.27. The average molecular weight is 249 g/mol. The van der Waals surface area contributed by atoms with E-state index in [4.69, 9.17) is 5.73 Å². The number of imide groups is 1. The molecule has 0 aliphatic heterocycles. The normalized spacial score (nSPS) is 11.1. The van der Waals surface area contributed by atoms with Gasteiger partial charge >= 0.3 is 0 Å². The van der Waals surface area contributed by atoms with Gasteiger partial charge in [-0.25, -0.2) is 0 Å². The van der Waals surface area contributed by atoms with Crippen LogP contribution in [-0.4, -0.2) is 33.8 Å². The Morgan fingerprint density at radius 2 is 2.11 bits per heavy atom. The van der Waals surface area contributed by atoms with Crippen molar-refractivity contribution in [3.63, 3.8) is 0 Å². The third-order valence-corrected chi connectivity index (χ3v) is 2.40. The van der Waals surface area contributed by atoms with Crippen molar-refractivity contribution >= 4 is 11.8 Å². The lowest BCUT2D eigenvalue weighted by atomic mass is 10.0. The number of aromatic nitrogens is 1. The minimum atomic E-state index is -1.06. The van der Waals surface area contributed by atoms with Crippen LogP contribution >= 0.6 is 0 Å². The molecule has 1 aromatic rings. The zero-order valence-electron chi connectivity index (χ0n) is 11.0. The van der Waals surface area contributed by atoms with Gasteiger partial charge in [-0.2, -0.15) is 0 Å². The second-order valence-corrected chi connectivity index (χ2v) is 4.73. The molecule has 0 aliphatic rings. The average Bonchev–Trinajstić information content (AvgIpc) is 2.34. The van der Waals surface area contributed by atoms with Crippen molar-refractivity contribution in [1.82, 2.24) is 9.88 Å².